The molecule has 1 N–H and O–H groups in total. The van der Waals surface area contributed by atoms with Gasteiger partial charge in [-0.05, 0) is 32.6 Å². The minimum atomic E-state index is 0.885. The monoisotopic (exact) mass is 219 g/mol. The van der Waals surface area contributed by atoms with Crippen LogP contribution in [0.25, 0.3) is 0 Å². The first-order chi connectivity index (χ1) is 7.83. The molecular formula is C13H21N3. The highest BCUT2D eigenvalue weighted by Crippen LogP contribution is 2.21. The Balaban J connectivity index is 2.02. The first-order valence-electron chi connectivity index (χ1n) is 6.19. The molecular weight excluding hydrogens is 198 g/mol. The van der Waals surface area contributed by atoms with Crippen LogP contribution in [0, 0.1) is 6.92 Å². The summed E-state index contributed by atoms with van der Waals surface area (Å²) in [7, 11) is 0. The van der Waals surface area contributed by atoms with Gasteiger partial charge in [0.2, 0.25) is 0 Å². The Labute approximate surface area is 97.6 Å². The lowest BCUT2D eigenvalue weighted by Crippen LogP contribution is -2.21. The molecule has 1 aromatic heterocycles. The van der Waals surface area contributed by atoms with Crippen LogP contribution in [0.2, 0.25) is 0 Å². The lowest BCUT2D eigenvalue weighted by Gasteiger charge is -2.14. The molecule has 0 fully saturated rings. The van der Waals surface area contributed by atoms with Gasteiger partial charge in [-0.1, -0.05) is 6.08 Å². The van der Waals surface area contributed by atoms with Gasteiger partial charge in [-0.3, -0.25) is 0 Å². The van der Waals surface area contributed by atoms with Crippen molar-refractivity contribution in [3.63, 3.8) is 0 Å². The van der Waals surface area contributed by atoms with Crippen LogP contribution in [0.4, 0.5) is 0 Å². The van der Waals surface area contributed by atoms with Crippen molar-refractivity contribution in [3.8, 4) is 0 Å². The molecule has 2 rings (SSSR count). The van der Waals surface area contributed by atoms with E-state index in [9.17, 15) is 0 Å². The third-order valence-electron chi connectivity index (χ3n) is 3.22. The Bertz CT molecular complexity index is 365. The van der Waals surface area contributed by atoms with Gasteiger partial charge in [0.1, 0.15) is 5.82 Å². The molecule has 0 bridgehead atoms. The molecule has 88 valence electrons. The summed E-state index contributed by atoms with van der Waals surface area (Å²) in [6, 6.07) is 0. The van der Waals surface area contributed by atoms with Gasteiger partial charge in [-0.2, -0.15) is 0 Å². The Kier molecular flexibility index (Phi) is 3.78. The van der Waals surface area contributed by atoms with Crippen molar-refractivity contribution in [1.29, 1.82) is 0 Å². The highest BCUT2D eigenvalue weighted by Gasteiger charge is 2.17. The average molecular weight is 219 g/mol. The number of fused-ring (bicyclic) bond motifs is 1. The number of nitrogens with one attached hydrogen (secondary N) is 1. The molecule has 0 saturated heterocycles. The third-order valence-corrected chi connectivity index (χ3v) is 3.22. The third kappa shape index (κ3) is 2.35. The predicted molar refractivity (Wildman–Crippen MR) is 66.7 cm³/mol. The van der Waals surface area contributed by atoms with Gasteiger partial charge in [0.05, 0.1) is 5.69 Å². The van der Waals surface area contributed by atoms with Crippen LogP contribution in [0.15, 0.2) is 12.7 Å². The molecule has 0 spiro atoms. The second-order valence-electron chi connectivity index (χ2n) is 4.40. The second-order valence-corrected chi connectivity index (χ2v) is 4.40. The first kappa shape index (κ1) is 11.4. The summed E-state index contributed by atoms with van der Waals surface area (Å²) in [5.41, 5.74) is 2.82. The number of nitrogens with zero attached hydrogens (tertiary/aromatic N) is 2. The fourth-order valence-electron chi connectivity index (χ4n) is 2.43. The van der Waals surface area contributed by atoms with E-state index in [1.807, 2.05) is 6.08 Å². The summed E-state index contributed by atoms with van der Waals surface area (Å²) in [5, 5.41) is 3.34. The average Bonchev–Trinajstić information content (AvgIpc) is 2.61. The van der Waals surface area contributed by atoms with Crippen molar-refractivity contribution in [2.24, 2.45) is 0 Å². The quantitative estimate of drug-likeness (QED) is 0.605. The summed E-state index contributed by atoms with van der Waals surface area (Å²) < 4.78 is 2.38. The number of rotatable bonds is 5. The molecule has 3 nitrogen and oxygen atoms in total. The van der Waals surface area contributed by atoms with E-state index in [1.54, 1.807) is 0 Å². The zero-order valence-electron chi connectivity index (χ0n) is 10.1. The summed E-state index contributed by atoms with van der Waals surface area (Å²) in [6.45, 7) is 8.73. The minimum absolute atomic E-state index is 0.885. The van der Waals surface area contributed by atoms with Crippen molar-refractivity contribution in [2.45, 2.75) is 39.2 Å². The Morgan fingerprint density at radius 3 is 3.06 bits per heavy atom. The van der Waals surface area contributed by atoms with Gasteiger partial charge in [0.15, 0.2) is 0 Å². The van der Waals surface area contributed by atoms with E-state index in [0.29, 0.717) is 0 Å². The molecule has 0 atom stereocenters. The van der Waals surface area contributed by atoms with Gasteiger partial charge >= 0.3 is 0 Å². The van der Waals surface area contributed by atoms with Crippen LogP contribution in [-0.2, 0) is 19.4 Å². The second kappa shape index (κ2) is 5.30. The number of hydrogen-bond donors (Lipinski definition) is 1. The van der Waals surface area contributed by atoms with E-state index in [2.05, 4.69) is 28.4 Å². The molecule has 1 aromatic rings. The molecule has 0 radical (unpaired) electrons. The number of aromatic nitrogens is 2. The van der Waals surface area contributed by atoms with Gasteiger partial charge in [0, 0.05) is 25.3 Å². The molecule has 0 saturated carbocycles. The van der Waals surface area contributed by atoms with E-state index in [0.717, 1.165) is 19.6 Å². The van der Waals surface area contributed by atoms with Crippen molar-refractivity contribution in [3.05, 3.63) is 29.9 Å². The topological polar surface area (TPSA) is 29.9 Å². The van der Waals surface area contributed by atoms with Crippen molar-refractivity contribution in [1.82, 2.24) is 14.9 Å². The van der Waals surface area contributed by atoms with Crippen molar-refractivity contribution in [2.75, 3.05) is 13.1 Å². The predicted octanol–water partition coefficient (Wildman–Crippen LogP) is 1.85. The van der Waals surface area contributed by atoms with E-state index >= 15 is 0 Å². The SMILES string of the molecule is C=CCNCCn1c(C)nc2c1CCCC2. The normalized spacial score (nSPS) is 14.8. The van der Waals surface area contributed by atoms with Crippen molar-refractivity contribution < 1.29 is 0 Å². The van der Waals surface area contributed by atoms with Gasteiger partial charge in [-0.15, -0.1) is 6.58 Å². The maximum Gasteiger partial charge on any atom is 0.106 e. The van der Waals surface area contributed by atoms with Crippen LogP contribution < -0.4 is 5.32 Å². The van der Waals surface area contributed by atoms with Crippen LogP contribution in [0.1, 0.15) is 30.1 Å². The molecule has 3 heteroatoms. The van der Waals surface area contributed by atoms with Gasteiger partial charge in [0.25, 0.3) is 0 Å². The van der Waals surface area contributed by atoms with Crippen LogP contribution in [0.3, 0.4) is 0 Å². The van der Waals surface area contributed by atoms with E-state index < -0.39 is 0 Å². The minimum Gasteiger partial charge on any atom is -0.331 e. The fraction of sp³-hybridized carbons (Fsp3) is 0.615. The number of hydrogen-bond acceptors (Lipinski definition) is 2. The molecule has 1 heterocycles. The van der Waals surface area contributed by atoms with Crippen LogP contribution in [-0.4, -0.2) is 22.6 Å². The Hall–Kier alpha value is -1.09. The highest BCUT2D eigenvalue weighted by molar-refractivity contribution is 5.19. The number of imidazole rings is 1. The molecule has 0 aromatic carbocycles. The number of aryl methyl sites for hydroxylation is 2. The molecule has 0 unspecified atom stereocenters. The smallest absolute Gasteiger partial charge is 0.106 e. The van der Waals surface area contributed by atoms with E-state index in [-0.39, 0.29) is 0 Å². The molecule has 1 aliphatic rings. The standard InChI is InChI=1S/C13H21N3/c1-3-8-14-9-10-16-11(2)15-12-6-4-5-7-13(12)16/h3,14H,1,4-10H2,2H3. The molecule has 16 heavy (non-hydrogen) atoms. The maximum atomic E-state index is 4.67. The van der Waals surface area contributed by atoms with Gasteiger partial charge in [-0.25, -0.2) is 4.98 Å². The maximum absolute atomic E-state index is 4.67. The fourth-order valence-corrected chi connectivity index (χ4v) is 2.43. The molecule has 0 aliphatic heterocycles. The summed E-state index contributed by atoms with van der Waals surface area (Å²) in [6.07, 6.45) is 6.90. The Morgan fingerprint density at radius 2 is 2.25 bits per heavy atom. The summed E-state index contributed by atoms with van der Waals surface area (Å²) >= 11 is 0. The summed E-state index contributed by atoms with van der Waals surface area (Å²) in [5.74, 6) is 1.17. The summed E-state index contributed by atoms with van der Waals surface area (Å²) in [4.78, 5) is 4.67. The lowest BCUT2D eigenvalue weighted by atomic mass is 10.0. The highest BCUT2D eigenvalue weighted by atomic mass is 15.1. The first-order valence-corrected chi connectivity index (χ1v) is 6.19. The zero-order chi connectivity index (χ0) is 11.4. The van der Waals surface area contributed by atoms with Crippen molar-refractivity contribution >= 4 is 0 Å². The van der Waals surface area contributed by atoms with Crippen LogP contribution >= 0.6 is 0 Å². The molecule has 0 amide bonds. The van der Waals surface area contributed by atoms with Crippen LogP contribution in [0.5, 0.6) is 0 Å². The van der Waals surface area contributed by atoms with Gasteiger partial charge < -0.3 is 9.88 Å². The van der Waals surface area contributed by atoms with E-state index in [4.69, 9.17) is 0 Å². The largest absolute Gasteiger partial charge is 0.331 e. The van der Waals surface area contributed by atoms with E-state index in [1.165, 1.54) is 42.9 Å². The zero-order valence-corrected chi connectivity index (χ0v) is 10.1. The lowest BCUT2D eigenvalue weighted by molar-refractivity contribution is 0.569. The molecule has 1 aliphatic carbocycles. The Morgan fingerprint density at radius 1 is 1.44 bits per heavy atom.